The van der Waals surface area contributed by atoms with E-state index in [0.717, 1.165) is 37.5 Å². The number of amides is 1. The Balaban J connectivity index is 2.65. The Morgan fingerprint density at radius 3 is 2.15 bits per heavy atom. The smallest absolute Gasteiger partial charge is 0.408 e. The van der Waals surface area contributed by atoms with E-state index < -0.39 is 18.1 Å². The summed E-state index contributed by atoms with van der Waals surface area (Å²) >= 11 is 0. The molecular weight excluding hydrogens is 422 g/mol. The number of benzene rings is 1. The fraction of sp³-hybridized carbons (Fsp3) is 0.654. The number of hydrogen-bond acceptors (Lipinski definition) is 6. The van der Waals surface area contributed by atoms with Gasteiger partial charge in [0.1, 0.15) is 12.9 Å². The molecule has 0 aromatic heterocycles. The molecule has 7 heteroatoms. The van der Waals surface area contributed by atoms with Crippen molar-refractivity contribution in [3.8, 4) is 0 Å². The Kier molecular flexibility index (Phi) is 14.1. The Morgan fingerprint density at radius 1 is 0.939 bits per heavy atom. The molecule has 7 nitrogen and oxygen atoms in total. The van der Waals surface area contributed by atoms with Gasteiger partial charge in [0.25, 0.3) is 0 Å². The topological polar surface area (TPSA) is 90.9 Å². The molecular formula is C26H41NO6. The lowest BCUT2D eigenvalue weighted by molar-refractivity contribution is -0.145. The maximum Gasteiger partial charge on any atom is 0.408 e. The number of carbonyl (C=O) groups is 3. The normalized spacial score (nSPS) is 13.9. The zero-order valence-electron chi connectivity index (χ0n) is 20.8. The predicted molar refractivity (Wildman–Crippen MR) is 128 cm³/mol. The molecule has 0 bridgehead atoms. The highest BCUT2D eigenvalue weighted by molar-refractivity contribution is 5.81. The van der Waals surface area contributed by atoms with E-state index in [0.29, 0.717) is 18.4 Å². The van der Waals surface area contributed by atoms with Crippen LogP contribution in [0.5, 0.6) is 0 Å². The van der Waals surface area contributed by atoms with Crippen molar-refractivity contribution in [3.05, 3.63) is 35.9 Å². The number of rotatable bonds is 16. The number of aldehydes is 1. The molecule has 0 aliphatic heterocycles. The minimum Gasteiger partial charge on any atom is -0.467 e. The van der Waals surface area contributed by atoms with Gasteiger partial charge >= 0.3 is 12.1 Å². The monoisotopic (exact) mass is 463 g/mol. The van der Waals surface area contributed by atoms with Crippen LogP contribution in [0, 0.1) is 23.7 Å². The van der Waals surface area contributed by atoms with Gasteiger partial charge in [-0.25, -0.2) is 9.59 Å². The molecule has 1 N–H and O–H groups in total. The van der Waals surface area contributed by atoms with E-state index in [1.807, 2.05) is 30.3 Å². The van der Waals surface area contributed by atoms with Crippen molar-refractivity contribution >= 4 is 18.3 Å². The summed E-state index contributed by atoms with van der Waals surface area (Å²) in [4.78, 5) is 36.1. The van der Waals surface area contributed by atoms with Crippen LogP contribution < -0.4 is 5.32 Å². The third kappa shape index (κ3) is 12.4. The molecule has 1 rings (SSSR count). The van der Waals surface area contributed by atoms with E-state index in [4.69, 9.17) is 14.2 Å². The molecule has 186 valence electrons. The SMILES string of the molecule is COC(=O)[C@H](COC[C@H](CCC(C)C)[C@H](C=O)CCC(C)C)NC(=O)OCc1ccccc1. The number of esters is 1. The number of methoxy groups -OCH3 is 1. The van der Waals surface area contributed by atoms with Crippen molar-refractivity contribution in [2.75, 3.05) is 20.3 Å². The standard InChI is InChI=1S/C26H41NO6/c1-19(2)11-13-22(15-28)23(14-12-20(3)4)17-32-18-24(25(29)31-5)27-26(30)33-16-21-9-7-6-8-10-21/h6-10,15,19-20,22-24H,11-14,16-18H2,1-5H3,(H,27,30)/t22-,23-,24-/m0/s1. The van der Waals surface area contributed by atoms with Gasteiger partial charge in [0.05, 0.1) is 20.3 Å². The largest absolute Gasteiger partial charge is 0.467 e. The molecule has 1 aromatic rings. The molecule has 0 saturated heterocycles. The molecule has 0 saturated carbocycles. The van der Waals surface area contributed by atoms with E-state index in [1.165, 1.54) is 7.11 Å². The van der Waals surface area contributed by atoms with Crippen molar-refractivity contribution in [3.63, 3.8) is 0 Å². The van der Waals surface area contributed by atoms with Crippen LogP contribution in [0.3, 0.4) is 0 Å². The quantitative estimate of drug-likeness (QED) is 0.280. The van der Waals surface area contributed by atoms with Crippen molar-refractivity contribution < 1.29 is 28.6 Å². The third-order valence-corrected chi connectivity index (χ3v) is 5.58. The molecule has 0 aliphatic rings. The highest BCUT2D eigenvalue weighted by Gasteiger charge is 2.26. The van der Waals surface area contributed by atoms with Crippen LogP contribution in [0.2, 0.25) is 0 Å². The summed E-state index contributed by atoms with van der Waals surface area (Å²) in [6, 6.07) is 8.27. The van der Waals surface area contributed by atoms with E-state index >= 15 is 0 Å². The molecule has 0 unspecified atom stereocenters. The Hall–Kier alpha value is -2.41. The van der Waals surface area contributed by atoms with E-state index in [9.17, 15) is 14.4 Å². The number of nitrogens with one attached hydrogen (secondary N) is 1. The average molecular weight is 464 g/mol. The second-order valence-corrected chi connectivity index (χ2v) is 9.32. The second kappa shape index (κ2) is 16.2. The van der Waals surface area contributed by atoms with E-state index in [2.05, 4.69) is 33.0 Å². The van der Waals surface area contributed by atoms with Gasteiger partial charge in [-0.05, 0) is 36.2 Å². The fourth-order valence-corrected chi connectivity index (χ4v) is 3.46. The lowest BCUT2D eigenvalue weighted by Crippen LogP contribution is -2.45. The zero-order valence-corrected chi connectivity index (χ0v) is 20.8. The number of carbonyl (C=O) groups excluding carboxylic acids is 3. The molecule has 0 heterocycles. The summed E-state index contributed by atoms with van der Waals surface area (Å²) in [6.45, 7) is 8.97. The maximum atomic E-state index is 12.2. The fourth-order valence-electron chi connectivity index (χ4n) is 3.46. The van der Waals surface area contributed by atoms with Crippen molar-refractivity contribution in [1.29, 1.82) is 0 Å². The van der Waals surface area contributed by atoms with Crippen molar-refractivity contribution in [2.24, 2.45) is 23.7 Å². The first-order valence-electron chi connectivity index (χ1n) is 11.8. The molecule has 0 spiro atoms. The van der Waals surface area contributed by atoms with Crippen LogP contribution in [-0.2, 0) is 30.4 Å². The maximum absolute atomic E-state index is 12.2. The first kappa shape index (κ1) is 28.6. The predicted octanol–water partition coefficient (Wildman–Crippen LogP) is 4.77. The van der Waals surface area contributed by atoms with Gasteiger partial charge < -0.3 is 24.3 Å². The van der Waals surface area contributed by atoms with Crippen LogP contribution in [0.25, 0.3) is 0 Å². The molecule has 33 heavy (non-hydrogen) atoms. The molecule has 3 atom stereocenters. The van der Waals surface area contributed by atoms with Gasteiger partial charge in [0.15, 0.2) is 6.04 Å². The summed E-state index contributed by atoms with van der Waals surface area (Å²) < 4.78 is 15.8. The van der Waals surface area contributed by atoms with Gasteiger partial charge in [-0.3, -0.25) is 0 Å². The molecule has 0 radical (unpaired) electrons. The summed E-state index contributed by atoms with van der Waals surface area (Å²) in [5.74, 6) is 0.401. The third-order valence-electron chi connectivity index (χ3n) is 5.58. The lowest BCUT2D eigenvalue weighted by Gasteiger charge is -2.25. The van der Waals surface area contributed by atoms with Crippen LogP contribution >= 0.6 is 0 Å². The molecule has 1 amide bonds. The average Bonchev–Trinajstić information content (AvgIpc) is 2.80. The van der Waals surface area contributed by atoms with Crippen LogP contribution in [0.15, 0.2) is 30.3 Å². The highest BCUT2D eigenvalue weighted by Crippen LogP contribution is 2.25. The molecule has 0 aliphatic carbocycles. The number of ether oxygens (including phenoxy) is 3. The second-order valence-electron chi connectivity index (χ2n) is 9.32. The van der Waals surface area contributed by atoms with Gasteiger partial charge in [-0.2, -0.15) is 0 Å². The van der Waals surface area contributed by atoms with E-state index in [-0.39, 0.29) is 25.0 Å². The zero-order chi connectivity index (χ0) is 24.6. The summed E-state index contributed by atoms with van der Waals surface area (Å²) in [5.41, 5.74) is 0.841. The lowest BCUT2D eigenvalue weighted by atomic mass is 9.84. The minimum absolute atomic E-state index is 0.0545. The van der Waals surface area contributed by atoms with Crippen LogP contribution in [0.4, 0.5) is 4.79 Å². The van der Waals surface area contributed by atoms with Crippen LogP contribution in [-0.4, -0.2) is 44.7 Å². The summed E-state index contributed by atoms with van der Waals surface area (Å²) in [7, 11) is 1.26. The summed E-state index contributed by atoms with van der Waals surface area (Å²) in [6.07, 6.45) is 3.96. The number of alkyl carbamates (subject to hydrolysis) is 1. The van der Waals surface area contributed by atoms with Gasteiger partial charge in [-0.15, -0.1) is 0 Å². The Morgan fingerprint density at radius 2 is 1.58 bits per heavy atom. The van der Waals surface area contributed by atoms with Crippen LogP contribution in [0.1, 0.15) is 58.9 Å². The van der Waals surface area contributed by atoms with Crippen molar-refractivity contribution in [2.45, 2.75) is 66.0 Å². The van der Waals surface area contributed by atoms with Crippen molar-refractivity contribution in [1.82, 2.24) is 5.32 Å². The van der Waals surface area contributed by atoms with Gasteiger partial charge in [-0.1, -0.05) is 70.9 Å². The molecule has 0 fully saturated rings. The first-order valence-corrected chi connectivity index (χ1v) is 11.8. The van der Waals surface area contributed by atoms with Gasteiger partial charge in [0.2, 0.25) is 0 Å². The Labute approximate surface area is 198 Å². The minimum atomic E-state index is -0.991. The Bertz CT molecular complexity index is 691. The van der Waals surface area contributed by atoms with Gasteiger partial charge in [0, 0.05) is 5.92 Å². The number of hydrogen-bond donors (Lipinski definition) is 1. The highest BCUT2D eigenvalue weighted by atomic mass is 16.6. The van der Waals surface area contributed by atoms with E-state index in [1.54, 1.807) is 0 Å². The summed E-state index contributed by atoms with van der Waals surface area (Å²) in [5, 5.41) is 2.51. The first-order chi connectivity index (χ1) is 15.8. The molecule has 1 aromatic carbocycles.